The van der Waals surface area contributed by atoms with E-state index in [9.17, 15) is 0 Å². The average Bonchev–Trinajstić information content (AvgIpc) is 3.77. The molecule has 8 aromatic rings. The van der Waals surface area contributed by atoms with Gasteiger partial charge in [-0.3, -0.25) is 0 Å². The van der Waals surface area contributed by atoms with Crippen LogP contribution in [0.15, 0.2) is 132 Å². The van der Waals surface area contributed by atoms with Crippen molar-refractivity contribution in [2.75, 3.05) is 5.73 Å². The van der Waals surface area contributed by atoms with Crippen LogP contribution in [0.2, 0.25) is 0 Å². The fraction of sp³-hybridized carbons (Fsp3) is 0.116. The molecule has 3 heterocycles. The van der Waals surface area contributed by atoms with Crippen molar-refractivity contribution in [3.05, 3.63) is 139 Å². The van der Waals surface area contributed by atoms with Gasteiger partial charge in [0.05, 0.1) is 22.2 Å². The lowest BCUT2D eigenvalue weighted by molar-refractivity contribution is 0.606. The molecule has 47 heavy (non-hydrogen) atoms. The number of hydrogen-bond donors (Lipinski definition) is 1. The maximum absolute atomic E-state index is 7.17. The Bertz CT molecular complexity index is 2590. The molecule has 1 unspecified atom stereocenters. The van der Waals surface area contributed by atoms with Crippen LogP contribution in [0.3, 0.4) is 0 Å². The number of nitrogen functional groups attached to an aromatic ring is 1. The van der Waals surface area contributed by atoms with E-state index in [0.29, 0.717) is 5.92 Å². The van der Waals surface area contributed by atoms with Gasteiger partial charge in [0.1, 0.15) is 11.3 Å². The lowest BCUT2D eigenvalue weighted by Crippen LogP contribution is -2.11. The van der Waals surface area contributed by atoms with Gasteiger partial charge in [-0.05, 0) is 61.6 Å². The Labute approximate surface area is 272 Å². The molecule has 4 heteroatoms. The van der Waals surface area contributed by atoms with Crippen LogP contribution < -0.4 is 5.73 Å². The Morgan fingerprint density at radius 2 is 1.38 bits per heavy atom. The molecule has 0 bridgehead atoms. The maximum atomic E-state index is 7.17. The number of para-hydroxylation sites is 4. The van der Waals surface area contributed by atoms with Crippen molar-refractivity contribution in [1.29, 1.82) is 0 Å². The zero-order chi connectivity index (χ0) is 31.2. The smallest absolute Gasteiger partial charge is 0.143 e. The van der Waals surface area contributed by atoms with E-state index in [1.807, 2.05) is 6.07 Å². The number of aromatic nitrogens is 2. The van der Waals surface area contributed by atoms with E-state index in [1.54, 1.807) is 0 Å². The molecule has 0 saturated heterocycles. The summed E-state index contributed by atoms with van der Waals surface area (Å²) >= 11 is 0. The van der Waals surface area contributed by atoms with Crippen molar-refractivity contribution in [3.63, 3.8) is 0 Å². The number of furan rings is 1. The third-order valence-corrected chi connectivity index (χ3v) is 10.4. The lowest BCUT2D eigenvalue weighted by atomic mass is 9.84. The number of fused-ring (bicyclic) bond motifs is 10. The van der Waals surface area contributed by atoms with Crippen molar-refractivity contribution >= 4 is 55.1 Å². The first kappa shape index (κ1) is 26.5. The summed E-state index contributed by atoms with van der Waals surface area (Å²) in [6.45, 7) is 2.35. The standard InChI is InChI=1S/C43H33N3O/c1-26-24-39-41(33-16-7-10-21-37(33)45(39)28-12-3-2-4-13-28)43-40(26)34-18-11-17-32(42(34)47-43)31-23-22-27(44)25-38(31)46-35-19-8-5-14-29(35)30-15-6-9-20-36(30)46/h2-3,5-12,14-23,25-26H,4,13,24,44H2,1H3. The van der Waals surface area contributed by atoms with E-state index in [0.717, 1.165) is 64.1 Å². The molecule has 5 aromatic carbocycles. The summed E-state index contributed by atoms with van der Waals surface area (Å²) in [6.07, 6.45) is 9.81. The number of hydrogen-bond acceptors (Lipinski definition) is 2. The van der Waals surface area contributed by atoms with Crippen LogP contribution in [0.4, 0.5) is 5.69 Å². The third-order valence-electron chi connectivity index (χ3n) is 10.4. The Hall–Kier alpha value is -5.74. The molecule has 0 aliphatic heterocycles. The zero-order valence-corrected chi connectivity index (χ0v) is 26.2. The molecule has 0 saturated carbocycles. The highest BCUT2D eigenvalue weighted by Crippen LogP contribution is 2.52. The van der Waals surface area contributed by atoms with Crippen molar-refractivity contribution in [1.82, 2.24) is 9.13 Å². The second kappa shape index (κ2) is 9.88. The molecule has 2 aliphatic rings. The van der Waals surface area contributed by atoms with Crippen LogP contribution in [-0.4, -0.2) is 9.13 Å². The molecule has 3 aromatic heterocycles. The molecule has 0 fully saturated rings. The van der Waals surface area contributed by atoms with Crippen LogP contribution in [0, 0.1) is 0 Å². The minimum atomic E-state index is 0.306. The fourth-order valence-corrected chi connectivity index (χ4v) is 8.40. The summed E-state index contributed by atoms with van der Waals surface area (Å²) in [6, 6.07) is 39.0. The number of benzene rings is 5. The Morgan fingerprint density at radius 3 is 2.11 bits per heavy atom. The SMILES string of the molecule is CC1Cc2c(c3ccccc3n2C2=CC=CCC2)-c2oc3c(-c4ccc(N)cc4-n4c5ccccc5c5ccccc54)cccc3c21. The van der Waals surface area contributed by atoms with Crippen molar-refractivity contribution < 1.29 is 4.42 Å². The first-order valence-electron chi connectivity index (χ1n) is 16.6. The minimum Gasteiger partial charge on any atom is -0.455 e. The van der Waals surface area contributed by atoms with E-state index in [4.69, 9.17) is 10.2 Å². The Kier molecular flexibility index (Phi) is 5.56. The number of rotatable bonds is 3. The van der Waals surface area contributed by atoms with Gasteiger partial charge in [0.15, 0.2) is 0 Å². The summed E-state index contributed by atoms with van der Waals surface area (Å²) < 4.78 is 12.0. The van der Waals surface area contributed by atoms with E-state index < -0.39 is 0 Å². The molecule has 0 amide bonds. The zero-order valence-electron chi connectivity index (χ0n) is 26.2. The topological polar surface area (TPSA) is 49.0 Å². The summed E-state index contributed by atoms with van der Waals surface area (Å²) in [7, 11) is 0. The van der Waals surface area contributed by atoms with E-state index in [-0.39, 0.29) is 0 Å². The average molecular weight is 608 g/mol. The first-order chi connectivity index (χ1) is 23.2. The first-order valence-corrected chi connectivity index (χ1v) is 16.6. The molecule has 2 N–H and O–H groups in total. The van der Waals surface area contributed by atoms with E-state index >= 15 is 0 Å². The third kappa shape index (κ3) is 3.70. The highest BCUT2D eigenvalue weighted by Gasteiger charge is 2.34. The van der Waals surface area contributed by atoms with Gasteiger partial charge in [0.25, 0.3) is 0 Å². The van der Waals surface area contributed by atoms with Crippen LogP contribution >= 0.6 is 0 Å². The highest BCUT2D eigenvalue weighted by molar-refractivity contribution is 6.11. The fourth-order valence-electron chi connectivity index (χ4n) is 8.40. The number of nitrogens with two attached hydrogens (primary N) is 1. The summed E-state index contributed by atoms with van der Waals surface area (Å²) in [5, 5.41) is 4.90. The van der Waals surface area contributed by atoms with Gasteiger partial charge in [0, 0.05) is 60.9 Å². The van der Waals surface area contributed by atoms with Crippen molar-refractivity contribution in [3.8, 4) is 28.1 Å². The molecular weight excluding hydrogens is 574 g/mol. The molecular formula is C43H33N3O. The summed E-state index contributed by atoms with van der Waals surface area (Å²) in [5.41, 5.74) is 20.2. The summed E-state index contributed by atoms with van der Waals surface area (Å²) in [4.78, 5) is 0. The quantitative estimate of drug-likeness (QED) is 0.203. The normalized spacial score (nSPS) is 15.9. The predicted molar refractivity (Wildman–Crippen MR) is 196 cm³/mol. The van der Waals surface area contributed by atoms with Gasteiger partial charge < -0.3 is 19.3 Å². The molecule has 1 atom stereocenters. The van der Waals surface area contributed by atoms with E-state index in [1.165, 1.54) is 49.6 Å². The molecule has 4 nitrogen and oxygen atoms in total. The minimum absolute atomic E-state index is 0.306. The van der Waals surface area contributed by atoms with Crippen LogP contribution in [0.1, 0.15) is 36.9 Å². The van der Waals surface area contributed by atoms with Gasteiger partial charge in [-0.15, -0.1) is 0 Å². The maximum Gasteiger partial charge on any atom is 0.143 e. The van der Waals surface area contributed by atoms with Crippen LogP contribution in [-0.2, 0) is 6.42 Å². The molecule has 226 valence electrons. The van der Waals surface area contributed by atoms with Gasteiger partial charge in [-0.25, -0.2) is 0 Å². The van der Waals surface area contributed by atoms with Crippen molar-refractivity contribution in [2.45, 2.75) is 32.1 Å². The van der Waals surface area contributed by atoms with Gasteiger partial charge in [0.2, 0.25) is 0 Å². The molecule has 0 radical (unpaired) electrons. The number of allylic oxidation sites excluding steroid dienone is 4. The van der Waals surface area contributed by atoms with Crippen LogP contribution in [0.25, 0.3) is 77.5 Å². The summed E-state index contributed by atoms with van der Waals surface area (Å²) in [5.74, 6) is 1.32. The number of nitrogens with zero attached hydrogens (tertiary/aromatic N) is 2. The Morgan fingerprint density at radius 1 is 0.702 bits per heavy atom. The Balaban J connectivity index is 1.26. The molecule has 0 spiro atoms. The molecule has 2 aliphatic carbocycles. The van der Waals surface area contributed by atoms with Gasteiger partial charge in [-0.1, -0.05) is 97.9 Å². The van der Waals surface area contributed by atoms with Crippen LogP contribution in [0.5, 0.6) is 0 Å². The monoisotopic (exact) mass is 607 g/mol. The van der Waals surface area contributed by atoms with Crippen molar-refractivity contribution in [2.24, 2.45) is 0 Å². The second-order valence-electron chi connectivity index (χ2n) is 13.1. The largest absolute Gasteiger partial charge is 0.455 e. The van der Waals surface area contributed by atoms with E-state index in [2.05, 4.69) is 137 Å². The van der Waals surface area contributed by atoms with Gasteiger partial charge >= 0.3 is 0 Å². The molecule has 10 rings (SSSR count). The number of anilines is 1. The second-order valence-corrected chi connectivity index (χ2v) is 13.1. The lowest BCUT2D eigenvalue weighted by Gasteiger charge is -2.23. The van der Waals surface area contributed by atoms with Gasteiger partial charge in [-0.2, -0.15) is 0 Å². The predicted octanol–water partition coefficient (Wildman–Crippen LogP) is 11.3. The highest BCUT2D eigenvalue weighted by atomic mass is 16.3.